The Bertz CT molecular complexity index is 915. The van der Waals surface area contributed by atoms with E-state index in [2.05, 4.69) is 48.8 Å². The molecule has 0 saturated heterocycles. The molecule has 0 radical (unpaired) electrons. The average Bonchev–Trinajstić information content (AvgIpc) is 2.89. The van der Waals surface area contributed by atoms with Crippen molar-refractivity contribution >= 4 is 32.9 Å². The van der Waals surface area contributed by atoms with Gasteiger partial charge >= 0.3 is 5.97 Å². The number of furan rings is 1. The Morgan fingerprint density at radius 3 is 2.44 bits per heavy atom. The van der Waals surface area contributed by atoms with Gasteiger partial charge in [-0.05, 0) is 41.7 Å². The molecule has 0 amide bonds. The third-order valence-corrected chi connectivity index (χ3v) is 4.77. The highest BCUT2D eigenvalue weighted by atomic mass is 79.9. The monoisotopic (exact) mass is 400 g/mol. The number of carbonyl (C=O) groups is 1. The van der Waals surface area contributed by atoms with Crippen LogP contribution < -0.4 is 0 Å². The highest BCUT2D eigenvalue weighted by molar-refractivity contribution is 9.10. The van der Waals surface area contributed by atoms with E-state index in [9.17, 15) is 4.79 Å². The van der Waals surface area contributed by atoms with Crippen LogP contribution in [-0.2, 0) is 16.8 Å². The first-order valence-corrected chi connectivity index (χ1v) is 9.00. The van der Waals surface area contributed by atoms with E-state index in [0.717, 1.165) is 21.0 Å². The summed E-state index contributed by atoms with van der Waals surface area (Å²) in [5.41, 5.74) is 3.79. The zero-order chi connectivity index (χ0) is 18.2. The molecule has 0 aliphatic rings. The number of aryl methyl sites for hydroxylation is 1. The summed E-state index contributed by atoms with van der Waals surface area (Å²) in [4.78, 5) is 12.4. The highest BCUT2D eigenvalue weighted by Crippen LogP contribution is 2.29. The van der Waals surface area contributed by atoms with Gasteiger partial charge in [0.1, 0.15) is 12.2 Å². The van der Waals surface area contributed by atoms with Gasteiger partial charge in [-0.1, -0.05) is 61.0 Å². The summed E-state index contributed by atoms with van der Waals surface area (Å²) in [7, 11) is 0. The minimum atomic E-state index is -0.440. The first-order valence-electron chi connectivity index (χ1n) is 8.21. The van der Waals surface area contributed by atoms with Gasteiger partial charge in [0.2, 0.25) is 5.76 Å². The molecular weight excluding hydrogens is 380 g/mol. The van der Waals surface area contributed by atoms with Gasteiger partial charge in [0.25, 0.3) is 0 Å². The van der Waals surface area contributed by atoms with Crippen LogP contribution in [0.3, 0.4) is 0 Å². The van der Waals surface area contributed by atoms with Gasteiger partial charge in [0.05, 0.1) is 0 Å². The Kier molecular flexibility index (Phi) is 4.74. The Balaban J connectivity index is 1.74. The van der Waals surface area contributed by atoms with Crippen molar-refractivity contribution in [1.82, 2.24) is 0 Å². The first-order chi connectivity index (χ1) is 11.8. The van der Waals surface area contributed by atoms with E-state index in [0.29, 0.717) is 5.58 Å². The molecule has 0 aliphatic carbocycles. The molecular formula is C21H21BrO3. The van der Waals surface area contributed by atoms with Crippen LogP contribution in [0.5, 0.6) is 0 Å². The van der Waals surface area contributed by atoms with E-state index in [1.54, 1.807) is 0 Å². The fraction of sp³-hybridized carbons (Fsp3) is 0.286. The molecule has 130 valence electrons. The average molecular weight is 401 g/mol. The van der Waals surface area contributed by atoms with Crippen LogP contribution in [0.4, 0.5) is 0 Å². The minimum absolute atomic E-state index is 0.106. The molecule has 0 N–H and O–H groups in total. The van der Waals surface area contributed by atoms with Crippen molar-refractivity contribution in [3.05, 3.63) is 69.4 Å². The molecule has 0 bridgehead atoms. The first kappa shape index (κ1) is 17.7. The van der Waals surface area contributed by atoms with Crippen molar-refractivity contribution in [2.45, 2.75) is 39.7 Å². The molecule has 0 saturated carbocycles. The number of benzene rings is 2. The van der Waals surface area contributed by atoms with Crippen LogP contribution in [0.1, 0.15) is 48.0 Å². The van der Waals surface area contributed by atoms with Gasteiger partial charge < -0.3 is 9.15 Å². The summed E-state index contributed by atoms with van der Waals surface area (Å²) in [6, 6.07) is 13.8. The van der Waals surface area contributed by atoms with Gasteiger partial charge in [0.15, 0.2) is 0 Å². The van der Waals surface area contributed by atoms with Gasteiger partial charge in [-0.2, -0.15) is 0 Å². The second-order valence-electron chi connectivity index (χ2n) is 7.22. The summed E-state index contributed by atoms with van der Waals surface area (Å²) in [5.74, 6) is -0.177. The molecule has 2 aromatic carbocycles. The Hall–Kier alpha value is -2.07. The second-order valence-corrected chi connectivity index (χ2v) is 8.14. The van der Waals surface area contributed by atoms with E-state index in [-0.39, 0.29) is 17.8 Å². The summed E-state index contributed by atoms with van der Waals surface area (Å²) >= 11 is 3.44. The van der Waals surface area contributed by atoms with Crippen LogP contribution in [0.25, 0.3) is 11.0 Å². The molecule has 0 unspecified atom stereocenters. The maximum atomic E-state index is 12.4. The fourth-order valence-corrected chi connectivity index (χ4v) is 3.06. The lowest BCUT2D eigenvalue weighted by Crippen LogP contribution is -2.11. The van der Waals surface area contributed by atoms with E-state index in [1.165, 1.54) is 5.56 Å². The van der Waals surface area contributed by atoms with Crippen molar-refractivity contribution in [2.75, 3.05) is 0 Å². The van der Waals surface area contributed by atoms with Gasteiger partial charge in [-0.3, -0.25) is 0 Å². The van der Waals surface area contributed by atoms with Crippen molar-refractivity contribution in [2.24, 2.45) is 0 Å². The lowest BCUT2D eigenvalue weighted by Gasteiger charge is -2.19. The maximum absolute atomic E-state index is 12.4. The largest absolute Gasteiger partial charge is 0.455 e. The van der Waals surface area contributed by atoms with Gasteiger partial charge in [-0.25, -0.2) is 4.79 Å². The zero-order valence-electron chi connectivity index (χ0n) is 14.9. The minimum Gasteiger partial charge on any atom is -0.455 e. The summed E-state index contributed by atoms with van der Waals surface area (Å²) in [6.07, 6.45) is 0. The third-order valence-electron chi connectivity index (χ3n) is 4.27. The number of esters is 1. The highest BCUT2D eigenvalue weighted by Gasteiger charge is 2.19. The number of hydrogen-bond acceptors (Lipinski definition) is 3. The summed E-state index contributed by atoms with van der Waals surface area (Å²) in [6.45, 7) is 8.61. The van der Waals surface area contributed by atoms with E-state index in [1.807, 2.05) is 37.3 Å². The molecule has 3 rings (SSSR count). The normalized spacial score (nSPS) is 11.7. The molecule has 3 aromatic rings. The number of fused-ring (bicyclic) bond motifs is 1. The lowest BCUT2D eigenvalue weighted by molar-refractivity contribution is 0.0437. The molecule has 1 heterocycles. The van der Waals surface area contributed by atoms with Crippen LogP contribution in [-0.4, -0.2) is 5.97 Å². The fourth-order valence-electron chi connectivity index (χ4n) is 2.70. The molecule has 0 spiro atoms. The predicted octanol–water partition coefficient (Wildman–Crippen LogP) is 6.16. The molecule has 0 atom stereocenters. The number of rotatable bonds is 3. The van der Waals surface area contributed by atoms with E-state index < -0.39 is 5.97 Å². The zero-order valence-corrected chi connectivity index (χ0v) is 16.4. The number of halogens is 1. The Labute approximate surface area is 156 Å². The van der Waals surface area contributed by atoms with Crippen LogP contribution in [0.15, 0.2) is 51.4 Å². The van der Waals surface area contributed by atoms with Gasteiger partial charge in [-0.15, -0.1) is 0 Å². The maximum Gasteiger partial charge on any atom is 0.374 e. The molecule has 25 heavy (non-hydrogen) atoms. The topological polar surface area (TPSA) is 39.4 Å². The van der Waals surface area contributed by atoms with E-state index >= 15 is 0 Å². The van der Waals surface area contributed by atoms with Crippen molar-refractivity contribution in [3.63, 3.8) is 0 Å². The van der Waals surface area contributed by atoms with Crippen LogP contribution >= 0.6 is 15.9 Å². The van der Waals surface area contributed by atoms with Crippen molar-refractivity contribution in [1.29, 1.82) is 0 Å². The lowest BCUT2D eigenvalue weighted by atomic mass is 9.87. The number of ether oxygens (including phenoxy) is 1. The van der Waals surface area contributed by atoms with Crippen LogP contribution in [0, 0.1) is 6.92 Å². The molecule has 0 aliphatic heterocycles. The molecule has 4 heteroatoms. The third kappa shape index (κ3) is 3.79. The molecule has 3 nitrogen and oxygen atoms in total. The molecule has 1 aromatic heterocycles. The van der Waals surface area contributed by atoms with Crippen LogP contribution in [0.2, 0.25) is 0 Å². The number of hydrogen-bond donors (Lipinski definition) is 0. The SMILES string of the molecule is Cc1c(C(=O)OCc2ccc(C(C)(C)C)cc2)oc2ccc(Br)cc12. The number of carbonyl (C=O) groups excluding carboxylic acids is 1. The van der Waals surface area contributed by atoms with Gasteiger partial charge in [0, 0.05) is 15.4 Å². The summed E-state index contributed by atoms with van der Waals surface area (Å²) < 4.78 is 12.1. The Morgan fingerprint density at radius 1 is 1.12 bits per heavy atom. The van der Waals surface area contributed by atoms with E-state index in [4.69, 9.17) is 9.15 Å². The second kappa shape index (κ2) is 6.68. The summed E-state index contributed by atoms with van der Waals surface area (Å²) in [5, 5.41) is 0.913. The predicted molar refractivity (Wildman–Crippen MR) is 103 cm³/mol. The Morgan fingerprint density at radius 2 is 1.80 bits per heavy atom. The van der Waals surface area contributed by atoms with Crippen molar-refractivity contribution in [3.8, 4) is 0 Å². The molecule has 0 fully saturated rings. The van der Waals surface area contributed by atoms with Crippen molar-refractivity contribution < 1.29 is 13.9 Å². The standard InChI is InChI=1S/C21H21BrO3/c1-13-17-11-16(22)9-10-18(17)25-19(13)20(23)24-12-14-5-7-15(8-6-14)21(2,3)4/h5-11H,12H2,1-4H3. The smallest absolute Gasteiger partial charge is 0.374 e. The quantitative estimate of drug-likeness (QED) is 0.494.